The fourth-order valence-corrected chi connectivity index (χ4v) is 1.84. The van der Waals surface area contributed by atoms with Crippen LogP contribution in [-0.4, -0.2) is 38.1 Å². The van der Waals surface area contributed by atoms with Crippen LogP contribution in [0, 0.1) is 17.2 Å². The van der Waals surface area contributed by atoms with Crippen LogP contribution in [0.4, 0.5) is 0 Å². The Bertz CT molecular complexity index is 167. The van der Waals surface area contributed by atoms with Gasteiger partial charge in [-0.2, -0.15) is 5.26 Å². The van der Waals surface area contributed by atoms with Gasteiger partial charge in [-0.1, -0.05) is 0 Å². The molecule has 3 heteroatoms. The van der Waals surface area contributed by atoms with E-state index in [0.717, 1.165) is 32.1 Å². The van der Waals surface area contributed by atoms with Gasteiger partial charge in [0.15, 0.2) is 0 Å². The maximum atomic E-state index is 8.43. The average molecular weight is 181 g/mol. The first-order chi connectivity index (χ1) is 6.33. The van der Waals surface area contributed by atoms with Gasteiger partial charge in [0.2, 0.25) is 0 Å². The molecule has 1 heterocycles. The number of hydrogen-bond acceptors (Lipinski definition) is 3. The normalized spacial score (nSPS) is 18.8. The van der Waals surface area contributed by atoms with Crippen LogP contribution in [0.3, 0.4) is 0 Å². The van der Waals surface area contributed by atoms with Gasteiger partial charge >= 0.3 is 0 Å². The number of nitrogens with zero attached hydrogens (tertiary/aromatic N) is 2. The molecule has 0 radical (unpaired) electrons. The van der Waals surface area contributed by atoms with Crippen molar-refractivity contribution in [1.29, 1.82) is 5.26 Å². The molecule has 1 rings (SSSR count). The van der Waals surface area contributed by atoms with E-state index in [0.29, 0.717) is 6.42 Å². The fraction of sp³-hybridized carbons (Fsp3) is 0.900. The Morgan fingerprint density at radius 2 is 2.15 bits per heavy atom. The van der Waals surface area contributed by atoms with Crippen molar-refractivity contribution in [3.63, 3.8) is 0 Å². The second-order valence-electron chi connectivity index (χ2n) is 3.86. The fourth-order valence-electron chi connectivity index (χ4n) is 1.84. The number of nitrogens with one attached hydrogen (secondary N) is 1. The largest absolute Gasteiger partial charge is 0.317 e. The van der Waals surface area contributed by atoms with Gasteiger partial charge in [0, 0.05) is 19.5 Å². The van der Waals surface area contributed by atoms with E-state index in [1.807, 2.05) is 0 Å². The van der Waals surface area contributed by atoms with Crippen LogP contribution in [0.2, 0.25) is 0 Å². The lowest BCUT2D eigenvalue weighted by molar-refractivity contribution is 0.244. The Kier molecular flexibility index (Phi) is 4.81. The summed E-state index contributed by atoms with van der Waals surface area (Å²) in [5.41, 5.74) is 0. The molecule has 13 heavy (non-hydrogen) atoms. The first-order valence-electron chi connectivity index (χ1n) is 5.09. The number of hydrogen-bond donors (Lipinski definition) is 1. The summed E-state index contributed by atoms with van der Waals surface area (Å²) in [6.45, 7) is 4.40. The summed E-state index contributed by atoms with van der Waals surface area (Å²) >= 11 is 0. The zero-order valence-corrected chi connectivity index (χ0v) is 8.42. The van der Waals surface area contributed by atoms with Gasteiger partial charge in [-0.15, -0.1) is 0 Å². The number of rotatable bonds is 4. The molecule has 0 atom stereocenters. The van der Waals surface area contributed by atoms with Crippen molar-refractivity contribution < 1.29 is 0 Å². The molecule has 0 aromatic rings. The molecule has 1 aliphatic heterocycles. The van der Waals surface area contributed by atoms with E-state index < -0.39 is 0 Å². The molecule has 0 bridgehead atoms. The molecule has 1 fully saturated rings. The van der Waals surface area contributed by atoms with Crippen molar-refractivity contribution in [1.82, 2.24) is 10.2 Å². The first-order valence-corrected chi connectivity index (χ1v) is 5.09. The van der Waals surface area contributed by atoms with Gasteiger partial charge in [-0.05, 0) is 38.9 Å². The predicted molar refractivity (Wildman–Crippen MR) is 53.3 cm³/mol. The maximum absolute atomic E-state index is 8.43. The SMILES string of the molecule is CN(CCC#N)CC1CCNCC1. The molecule has 1 aliphatic rings. The maximum Gasteiger partial charge on any atom is 0.0635 e. The van der Waals surface area contributed by atoms with Crippen molar-refractivity contribution in [3.8, 4) is 6.07 Å². The minimum Gasteiger partial charge on any atom is -0.317 e. The quantitative estimate of drug-likeness (QED) is 0.698. The third kappa shape index (κ3) is 4.25. The second kappa shape index (κ2) is 5.95. The summed E-state index contributed by atoms with van der Waals surface area (Å²) in [6, 6.07) is 2.18. The molecule has 1 N–H and O–H groups in total. The second-order valence-corrected chi connectivity index (χ2v) is 3.86. The van der Waals surface area contributed by atoms with E-state index in [-0.39, 0.29) is 0 Å². The van der Waals surface area contributed by atoms with Crippen LogP contribution in [-0.2, 0) is 0 Å². The molecule has 1 saturated heterocycles. The van der Waals surface area contributed by atoms with Crippen LogP contribution in [0.1, 0.15) is 19.3 Å². The van der Waals surface area contributed by atoms with Crippen LogP contribution in [0.25, 0.3) is 0 Å². The van der Waals surface area contributed by atoms with E-state index in [2.05, 4.69) is 23.3 Å². The highest BCUT2D eigenvalue weighted by atomic mass is 15.1. The molecule has 0 aliphatic carbocycles. The zero-order valence-electron chi connectivity index (χ0n) is 8.42. The standard InChI is InChI=1S/C10H19N3/c1-13(8-2-5-11)9-10-3-6-12-7-4-10/h10,12H,2-4,6-9H2,1H3. The number of nitriles is 1. The summed E-state index contributed by atoms with van der Waals surface area (Å²) in [4.78, 5) is 2.28. The van der Waals surface area contributed by atoms with Crippen molar-refractivity contribution >= 4 is 0 Å². The van der Waals surface area contributed by atoms with E-state index in [9.17, 15) is 0 Å². The van der Waals surface area contributed by atoms with Crippen molar-refractivity contribution in [2.75, 3.05) is 33.2 Å². The molecule has 0 unspecified atom stereocenters. The lowest BCUT2D eigenvalue weighted by Crippen LogP contribution is -2.34. The lowest BCUT2D eigenvalue weighted by Gasteiger charge is -2.26. The molecule has 74 valence electrons. The number of piperidine rings is 1. The Balaban J connectivity index is 2.11. The molecule has 0 amide bonds. The molecular formula is C10H19N3. The molecular weight excluding hydrogens is 162 g/mol. The van der Waals surface area contributed by atoms with Crippen molar-refractivity contribution in [3.05, 3.63) is 0 Å². The molecule has 0 saturated carbocycles. The van der Waals surface area contributed by atoms with Gasteiger partial charge in [0.1, 0.15) is 0 Å². The summed E-state index contributed by atoms with van der Waals surface area (Å²) in [6.07, 6.45) is 3.23. The Labute approximate surface area is 80.7 Å². The third-order valence-electron chi connectivity index (χ3n) is 2.63. The molecule has 0 aromatic heterocycles. The summed E-state index contributed by atoms with van der Waals surface area (Å²) in [5.74, 6) is 0.838. The topological polar surface area (TPSA) is 39.1 Å². The van der Waals surface area contributed by atoms with Crippen molar-refractivity contribution in [2.24, 2.45) is 5.92 Å². The van der Waals surface area contributed by atoms with Crippen LogP contribution >= 0.6 is 0 Å². The molecule has 0 spiro atoms. The lowest BCUT2D eigenvalue weighted by atomic mass is 9.98. The predicted octanol–water partition coefficient (Wildman–Crippen LogP) is 0.831. The van der Waals surface area contributed by atoms with Crippen molar-refractivity contribution in [2.45, 2.75) is 19.3 Å². The summed E-state index contributed by atoms with van der Waals surface area (Å²) in [5, 5.41) is 11.8. The van der Waals surface area contributed by atoms with E-state index in [4.69, 9.17) is 5.26 Å². The highest BCUT2D eigenvalue weighted by Crippen LogP contribution is 2.12. The van der Waals surface area contributed by atoms with Gasteiger partial charge in [0.25, 0.3) is 0 Å². The van der Waals surface area contributed by atoms with Gasteiger partial charge in [0.05, 0.1) is 6.07 Å². The monoisotopic (exact) mass is 181 g/mol. The Hall–Kier alpha value is -0.590. The van der Waals surface area contributed by atoms with Gasteiger partial charge < -0.3 is 10.2 Å². The molecule has 0 aromatic carbocycles. The first kappa shape index (κ1) is 10.5. The van der Waals surface area contributed by atoms with Crippen LogP contribution in [0.5, 0.6) is 0 Å². The minimum atomic E-state index is 0.654. The average Bonchev–Trinajstić information content (AvgIpc) is 2.16. The van der Waals surface area contributed by atoms with E-state index in [1.54, 1.807) is 0 Å². The van der Waals surface area contributed by atoms with Crippen LogP contribution in [0.15, 0.2) is 0 Å². The van der Waals surface area contributed by atoms with E-state index >= 15 is 0 Å². The van der Waals surface area contributed by atoms with E-state index in [1.165, 1.54) is 12.8 Å². The van der Waals surface area contributed by atoms with Gasteiger partial charge in [-0.3, -0.25) is 0 Å². The van der Waals surface area contributed by atoms with Crippen LogP contribution < -0.4 is 5.32 Å². The minimum absolute atomic E-state index is 0.654. The summed E-state index contributed by atoms with van der Waals surface area (Å²) in [7, 11) is 2.11. The Morgan fingerprint density at radius 1 is 1.46 bits per heavy atom. The third-order valence-corrected chi connectivity index (χ3v) is 2.63. The smallest absolute Gasteiger partial charge is 0.0635 e. The highest BCUT2D eigenvalue weighted by Gasteiger charge is 2.14. The molecule has 3 nitrogen and oxygen atoms in total. The zero-order chi connectivity index (χ0) is 9.52. The summed E-state index contributed by atoms with van der Waals surface area (Å²) < 4.78 is 0. The highest BCUT2D eigenvalue weighted by molar-refractivity contribution is 4.74. The Morgan fingerprint density at radius 3 is 2.77 bits per heavy atom. The van der Waals surface area contributed by atoms with Gasteiger partial charge in [-0.25, -0.2) is 0 Å².